The quantitative estimate of drug-likeness (QED) is 0.746. The van der Waals surface area contributed by atoms with Crippen LogP contribution in [0.15, 0.2) is 18.2 Å². The van der Waals surface area contributed by atoms with E-state index in [1.54, 1.807) is 0 Å². The highest BCUT2D eigenvalue weighted by Gasteiger charge is 2.05. The predicted octanol–water partition coefficient (Wildman–Crippen LogP) is 2.33. The van der Waals surface area contributed by atoms with Gasteiger partial charge in [-0.05, 0) is 12.1 Å². The van der Waals surface area contributed by atoms with Crippen molar-refractivity contribution in [1.29, 1.82) is 0 Å². The molecule has 0 atom stereocenters. The molecule has 0 unspecified atom stereocenters. The Bertz CT molecular complexity index is 414. The van der Waals surface area contributed by atoms with Crippen molar-refractivity contribution in [3.05, 3.63) is 28.2 Å². The summed E-state index contributed by atoms with van der Waals surface area (Å²) in [7, 11) is -3.51. The Morgan fingerprint density at radius 2 is 1.85 bits per heavy atom. The summed E-state index contributed by atoms with van der Waals surface area (Å²) in [6.07, 6.45) is 0.954. The third kappa shape index (κ3) is 3.42. The Morgan fingerprint density at radius 3 is 2.31 bits per heavy atom. The van der Waals surface area contributed by atoms with Gasteiger partial charge in [0, 0.05) is 6.07 Å². The number of benzene rings is 1. The van der Waals surface area contributed by atoms with Gasteiger partial charge in [0.15, 0.2) is 0 Å². The van der Waals surface area contributed by atoms with Crippen molar-refractivity contribution in [3.8, 4) is 5.75 Å². The molecule has 0 spiro atoms. The van der Waals surface area contributed by atoms with E-state index in [2.05, 4.69) is 4.18 Å². The van der Waals surface area contributed by atoms with Crippen LogP contribution < -0.4 is 4.18 Å². The molecule has 0 aliphatic rings. The predicted molar refractivity (Wildman–Crippen MR) is 51.9 cm³/mol. The van der Waals surface area contributed by atoms with E-state index in [0.29, 0.717) is 5.02 Å². The van der Waals surface area contributed by atoms with Crippen LogP contribution in [0.5, 0.6) is 5.75 Å². The molecule has 0 aliphatic heterocycles. The van der Waals surface area contributed by atoms with Gasteiger partial charge in [0.25, 0.3) is 0 Å². The fraction of sp³-hybridized carbons (Fsp3) is 0.143. The Labute approximate surface area is 86.4 Å². The molecule has 6 heteroatoms. The lowest BCUT2D eigenvalue weighted by Gasteiger charge is -2.03. The van der Waals surface area contributed by atoms with E-state index in [-0.39, 0.29) is 10.8 Å². The van der Waals surface area contributed by atoms with Gasteiger partial charge in [-0.3, -0.25) is 0 Å². The third-order valence-corrected chi connectivity index (χ3v) is 2.37. The van der Waals surface area contributed by atoms with Crippen molar-refractivity contribution in [3.63, 3.8) is 0 Å². The fourth-order valence-corrected chi connectivity index (χ4v) is 1.44. The van der Waals surface area contributed by atoms with Crippen LogP contribution in [0, 0.1) is 0 Å². The molecule has 0 aliphatic carbocycles. The molecule has 0 fully saturated rings. The van der Waals surface area contributed by atoms with Crippen molar-refractivity contribution in [2.75, 3.05) is 6.26 Å². The lowest BCUT2D eigenvalue weighted by molar-refractivity contribution is 0.493. The summed E-state index contributed by atoms with van der Waals surface area (Å²) >= 11 is 11.3. The number of rotatable bonds is 2. The third-order valence-electron chi connectivity index (χ3n) is 1.14. The minimum Gasteiger partial charge on any atom is -0.383 e. The Balaban J connectivity index is 2.99. The molecule has 1 aromatic carbocycles. The topological polar surface area (TPSA) is 43.4 Å². The summed E-state index contributed by atoms with van der Waals surface area (Å²) in [4.78, 5) is 0. The average molecular weight is 241 g/mol. The number of hydrogen-bond donors (Lipinski definition) is 0. The Morgan fingerprint density at radius 1 is 1.23 bits per heavy atom. The Hall–Kier alpha value is -0.450. The zero-order valence-corrected chi connectivity index (χ0v) is 8.95. The van der Waals surface area contributed by atoms with E-state index in [0.717, 1.165) is 6.26 Å². The molecule has 1 aromatic rings. The second-order valence-corrected chi connectivity index (χ2v) is 4.75. The van der Waals surface area contributed by atoms with Gasteiger partial charge in [-0.25, -0.2) is 0 Å². The molecule has 0 radical (unpaired) electrons. The molecule has 3 nitrogen and oxygen atoms in total. The summed E-state index contributed by atoms with van der Waals surface area (Å²) in [5.41, 5.74) is 0. The van der Waals surface area contributed by atoms with Crippen molar-refractivity contribution in [2.24, 2.45) is 0 Å². The van der Waals surface area contributed by atoms with Crippen molar-refractivity contribution < 1.29 is 12.6 Å². The smallest absolute Gasteiger partial charge is 0.306 e. The summed E-state index contributed by atoms with van der Waals surface area (Å²) in [6, 6.07) is 4.23. The summed E-state index contributed by atoms with van der Waals surface area (Å²) in [6.45, 7) is 0. The van der Waals surface area contributed by atoms with Crippen LogP contribution in [0.25, 0.3) is 0 Å². The largest absolute Gasteiger partial charge is 0.383 e. The number of hydrogen-bond acceptors (Lipinski definition) is 3. The lowest BCUT2D eigenvalue weighted by Crippen LogP contribution is -2.05. The van der Waals surface area contributed by atoms with E-state index >= 15 is 0 Å². The van der Waals surface area contributed by atoms with Crippen LogP contribution in [0.3, 0.4) is 0 Å². The normalized spacial score (nSPS) is 11.3. The maximum absolute atomic E-state index is 10.7. The highest BCUT2D eigenvalue weighted by atomic mass is 35.5. The van der Waals surface area contributed by atoms with Crippen molar-refractivity contribution >= 4 is 33.3 Å². The van der Waals surface area contributed by atoms with E-state index in [1.807, 2.05) is 0 Å². The van der Waals surface area contributed by atoms with E-state index in [4.69, 9.17) is 23.2 Å². The van der Waals surface area contributed by atoms with Crippen molar-refractivity contribution in [2.45, 2.75) is 0 Å². The molecule has 0 saturated carbocycles. The summed E-state index contributed by atoms with van der Waals surface area (Å²) in [5, 5.41) is 0.602. The van der Waals surface area contributed by atoms with Gasteiger partial charge in [0.05, 0.1) is 16.3 Å². The van der Waals surface area contributed by atoms with Crippen molar-refractivity contribution in [1.82, 2.24) is 0 Å². The standard InChI is InChI=1S/C7H6Cl2O3S/c1-13(10,11)12-5-2-3-6(8)7(9)4-5/h2-4H,1H3. The molecular formula is C7H6Cl2O3S. The van der Waals surface area contributed by atoms with Gasteiger partial charge in [-0.15, -0.1) is 0 Å². The minimum absolute atomic E-state index is 0.150. The molecule has 0 heterocycles. The van der Waals surface area contributed by atoms with Gasteiger partial charge in [-0.2, -0.15) is 8.42 Å². The Kier molecular flexibility index (Phi) is 3.05. The van der Waals surface area contributed by atoms with E-state index in [9.17, 15) is 8.42 Å². The number of halogens is 2. The second-order valence-electron chi connectivity index (χ2n) is 2.36. The average Bonchev–Trinajstić information content (AvgIpc) is 1.94. The van der Waals surface area contributed by atoms with Crippen LogP contribution >= 0.6 is 23.2 Å². The maximum Gasteiger partial charge on any atom is 0.306 e. The fourth-order valence-electron chi connectivity index (χ4n) is 0.703. The molecule has 0 aromatic heterocycles. The zero-order chi connectivity index (χ0) is 10.1. The van der Waals surface area contributed by atoms with Crippen LogP contribution in [-0.2, 0) is 10.1 Å². The van der Waals surface area contributed by atoms with Gasteiger partial charge < -0.3 is 4.18 Å². The van der Waals surface area contributed by atoms with Crippen LogP contribution in [-0.4, -0.2) is 14.7 Å². The molecule has 1 rings (SSSR count). The maximum atomic E-state index is 10.7. The molecular weight excluding hydrogens is 235 g/mol. The first-order chi connectivity index (χ1) is 5.88. The molecule has 0 saturated heterocycles. The van der Waals surface area contributed by atoms with Gasteiger partial charge in [0.2, 0.25) is 0 Å². The molecule has 0 N–H and O–H groups in total. The molecule has 0 bridgehead atoms. The first-order valence-corrected chi connectivity index (χ1v) is 5.80. The highest BCUT2D eigenvalue weighted by molar-refractivity contribution is 7.86. The van der Waals surface area contributed by atoms with Gasteiger partial charge in [-0.1, -0.05) is 23.2 Å². The summed E-state index contributed by atoms with van der Waals surface area (Å²) < 4.78 is 26.0. The first kappa shape index (κ1) is 10.6. The van der Waals surface area contributed by atoms with Crippen LogP contribution in [0.2, 0.25) is 10.0 Å². The second kappa shape index (κ2) is 3.74. The van der Waals surface area contributed by atoms with Gasteiger partial charge in [0.1, 0.15) is 5.75 Å². The van der Waals surface area contributed by atoms with E-state index in [1.165, 1.54) is 18.2 Å². The molecule has 0 amide bonds. The minimum atomic E-state index is -3.51. The highest BCUT2D eigenvalue weighted by Crippen LogP contribution is 2.26. The molecule has 72 valence electrons. The first-order valence-electron chi connectivity index (χ1n) is 3.23. The van der Waals surface area contributed by atoms with Gasteiger partial charge >= 0.3 is 10.1 Å². The monoisotopic (exact) mass is 240 g/mol. The van der Waals surface area contributed by atoms with Crippen LogP contribution in [0.4, 0.5) is 0 Å². The SMILES string of the molecule is CS(=O)(=O)Oc1ccc(Cl)c(Cl)c1. The van der Waals surface area contributed by atoms with E-state index < -0.39 is 10.1 Å². The zero-order valence-electron chi connectivity index (χ0n) is 6.62. The lowest BCUT2D eigenvalue weighted by atomic mass is 10.3. The summed E-state index contributed by atoms with van der Waals surface area (Å²) in [5.74, 6) is 0.150. The molecule has 13 heavy (non-hydrogen) atoms. The van der Waals surface area contributed by atoms with Crippen LogP contribution in [0.1, 0.15) is 0 Å².